The molecular weight excluding hydrogens is 306 g/mol. The Morgan fingerprint density at radius 1 is 0.920 bits per heavy atom. The molecular formula is C23H19NO. The van der Waals surface area contributed by atoms with Gasteiger partial charge in [-0.1, -0.05) is 30.3 Å². The number of pyridine rings is 1. The zero-order chi connectivity index (χ0) is 17.0. The predicted molar refractivity (Wildman–Crippen MR) is 103 cm³/mol. The van der Waals surface area contributed by atoms with Crippen LogP contribution in [0.25, 0.3) is 32.9 Å². The monoisotopic (exact) mass is 325 g/mol. The summed E-state index contributed by atoms with van der Waals surface area (Å²) in [7, 11) is 0. The van der Waals surface area contributed by atoms with Crippen molar-refractivity contribution in [3.8, 4) is 17.0 Å². The van der Waals surface area contributed by atoms with Crippen molar-refractivity contribution in [1.29, 1.82) is 0 Å². The molecule has 0 saturated heterocycles. The number of aromatic nitrogens is 1. The first kappa shape index (κ1) is 14.5. The highest BCUT2D eigenvalue weighted by Gasteiger charge is 2.22. The molecule has 2 heteroatoms. The van der Waals surface area contributed by atoms with E-state index in [1.807, 2.05) is 19.1 Å². The molecule has 0 atom stereocenters. The Morgan fingerprint density at radius 3 is 2.64 bits per heavy atom. The number of hydrogen-bond acceptors (Lipinski definition) is 2. The second-order valence-electron chi connectivity index (χ2n) is 6.95. The Morgan fingerprint density at radius 2 is 1.76 bits per heavy atom. The topological polar surface area (TPSA) is 33.1 Å². The Kier molecular flexibility index (Phi) is 3.08. The molecule has 0 unspecified atom stereocenters. The van der Waals surface area contributed by atoms with Crippen molar-refractivity contribution in [1.82, 2.24) is 4.98 Å². The van der Waals surface area contributed by atoms with E-state index in [4.69, 9.17) is 4.98 Å². The molecule has 3 aromatic carbocycles. The molecule has 5 rings (SSSR count). The van der Waals surface area contributed by atoms with Crippen LogP contribution in [0, 0.1) is 6.92 Å². The average molecular weight is 325 g/mol. The van der Waals surface area contributed by atoms with Crippen LogP contribution < -0.4 is 0 Å². The van der Waals surface area contributed by atoms with E-state index in [0.29, 0.717) is 5.75 Å². The molecule has 1 aliphatic carbocycles. The van der Waals surface area contributed by atoms with Gasteiger partial charge in [0.05, 0.1) is 11.2 Å². The van der Waals surface area contributed by atoms with Gasteiger partial charge < -0.3 is 5.11 Å². The van der Waals surface area contributed by atoms with Gasteiger partial charge in [0.1, 0.15) is 5.75 Å². The van der Waals surface area contributed by atoms with E-state index in [0.717, 1.165) is 35.2 Å². The third-order valence-corrected chi connectivity index (χ3v) is 5.41. The van der Waals surface area contributed by atoms with E-state index in [9.17, 15) is 5.11 Å². The minimum atomic E-state index is 0.340. The maximum Gasteiger partial charge on any atom is 0.118 e. The number of phenols is 1. The SMILES string of the molecule is Cc1cc(-c2nc3ccc4ccccc4c3c3c2CCC3)ccc1O. The predicted octanol–water partition coefficient (Wildman–Crippen LogP) is 5.56. The molecule has 0 radical (unpaired) electrons. The van der Waals surface area contributed by atoms with Crippen molar-refractivity contribution in [2.24, 2.45) is 0 Å². The summed E-state index contributed by atoms with van der Waals surface area (Å²) in [6, 6.07) is 18.7. The van der Waals surface area contributed by atoms with Crippen LogP contribution in [-0.4, -0.2) is 10.1 Å². The Hall–Kier alpha value is -2.87. The van der Waals surface area contributed by atoms with Gasteiger partial charge in [-0.05, 0) is 77.9 Å². The van der Waals surface area contributed by atoms with Gasteiger partial charge in [0.25, 0.3) is 0 Å². The number of hydrogen-bond donors (Lipinski definition) is 1. The highest BCUT2D eigenvalue weighted by molar-refractivity contribution is 6.09. The van der Waals surface area contributed by atoms with Crippen molar-refractivity contribution in [3.05, 3.63) is 71.3 Å². The normalized spacial score (nSPS) is 13.5. The zero-order valence-electron chi connectivity index (χ0n) is 14.2. The molecule has 1 N–H and O–H groups in total. The summed E-state index contributed by atoms with van der Waals surface area (Å²) in [5, 5.41) is 13.8. The van der Waals surface area contributed by atoms with Crippen molar-refractivity contribution in [2.45, 2.75) is 26.2 Å². The summed E-state index contributed by atoms with van der Waals surface area (Å²) >= 11 is 0. The van der Waals surface area contributed by atoms with E-state index in [1.54, 1.807) is 6.07 Å². The van der Waals surface area contributed by atoms with E-state index in [2.05, 4.69) is 36.4 Å². The van der Waals surface area contributed by atoms with E-state index < -0.39 is 0 Å². The zero-order valence-corrected chi connectivity index (χ0v) is 14.2. The Bertz CT molecular complexity index is 1140. The third kappa shape index (κ3) is 2.14. The van der Waals surface area contributed by atoms with Gasteiger partial charge >= 0.3 is 0 Å². The van der Waals surface area contributed by atoms with Gasteiger partial charge in [0.15, 0.2) is 0 Å². The van der Waals surface area contributed by atoms with Gasteiger partial charge in [-0.15, -0.1) is 0 Å². The van der Waals surface area contributed by atoms with Crippen molar-refractivity contribution >= 4 is 21.7 Å². The lowest BCUT2D eigenvalue weighted by Gasteiger charge is -2.14. The van der Waals surface area contributed by atoms with Gasteiger partial charge in [0, 0.05) is 10.9 Å². The van der Waals surface area contributed by atoms with Crippen molar-refractivity contribution in [2.75, 3.05) is 0 Å². The summed E-state index contributed by atoms with van der Waals surface area (Å²) in [5.41, 5.74) is 6.99. The largest absolute Gasteiger partial charge is 0.508 e. The summed E-state index contributed by atoms with van der Waals surface area (Å²) < 4.78 is 0. The number of aromatic hydroxyl groups is 1. The minimum Gasteiger partial charge on any atom is -0.508 e. The van der Waals surface area contributed by atoms with Gasteiger partial charge in [0.2, 0.25) is 0 Å². The molecule has 25 heavy (non-hydrogen) atoms. The number of phenolic OH excluding ortho intramolecular Hbond substituents is 1. The number of aryl methyl sites for hydroxylation is 2. The Balaban J connectivity index is 1.87. The standard InChI is InChI=1S/C23H19NO/c1-14-13-16(10-12-21(14)25)23-19-8-4-7-18(19)22-17-6-3-2-5-15(17)9-11-20(22)24-23/h2-3,5-6,9-13,25H,4,7-8H2,1H3. The van der Waals surface area contributed by atoms with Crippen LogP contribution in [-0.2, 0) is 12.8 Å². The molecule has 122 valence electrons. The van der Waals surface area contributed by atoms with Crippen LogP contribution in [0.15, 0.2) is 54.6 Å². The van der Waals surface area contributed by atoms with Crippen LogP contribution in [0.4, 0.5) is 0 Å². The fourth-order valence-corrected chi connectivity index (χ4v) is 4.18. The molecule has 2 nitrogen and oxygen atoms in total. The van der Waals surface area contributed by atoms with Crippen LogP contribution in [0.5, 0.6) is 5.75 Å². The highest BCUT2D eigenvalue weighted by atomic mass is 16.3. The fourth-order valence-electron chi connectivity index (χ4n) is 4.18. The van der Waals surface area contributed by atoms with Crippen LogP contribution in [0.3, 0.4) is 0 Å². The molecule has 0 fully saturated rings. The lowest BCUT2D eigenvalue weighted by molar-refractivity contribution is 0.471. The van der Waals surface area contributed by atoms with E-state index in [-0.39, 0.29) is 0 Å². The summed E-state index contributed by atoms with van der Waals surface area (Å²) in [5.74, 6) is 0.340. The average Bonchev–Trinajstić information content (AvgIpc) is 3.12. The summed E-state index contributed by atoms with van der Waals surface area (Å²) in [4.78, 5) is 5.06. The second kappa shape index (κ2) is 5.32. The van der Waals surface area contributed by atoms with Crippen molar-refractivity contribution < 1.29 is 5.11 Å². The number of fused-ring (bicyclic) bond motifs is 5. The molecule has 0 spiro atoms. The number of benzene rings is 3. The van der Waals surface area contributed by atoms with Gasteiger partial charge in [-0.3, -0.25) is 0 Å². The quantitative estimate of drug-likeness (QED) is 0.465. The molecule has 0 amide bonds. The maximum atomic E-state index is 9.85. The van der Waals surface area contributed by atoms with Gasteiger partial charge in [-0.2, -0.15) is 0 Å². The first-order valence-electron chi connectivity index (χ1n) is 8.85. The Labute approximate surface area is 146 Å². The smallest absolute Gasteiger partial charge is 0.118 e. The van der Waals surface area contributed by atoms with E-state index >= 15 is 0 Å². The van der Waals surface area contributed by atoms with E-state index in [1.165, 1.54) is 33.7 Å². The van der Waals surface area contributed by atoms with Gasteiger partial charge in [-0.25, -0.2) is 4.98 Å². The minimum absolute atomic E-state index is 0.340. The molecule has 4 aromatic rings. The lowest BCUT2D eigenvalue weighted by atomic mass is 9.95. The van der Waals surface area contributed by atoms with Crippen molar-refractivity contribution in [3.63, 3.8) is 0 Å². The molecule has 0 aliphatic heterocycles. The number of rotatable bonds is 1. The molecule has 1 aliphatic rings. The molecule has 1 aromatic heterocycles. The van der Waals surface area contributed by atoms with Crippen LogP contribution >= 0.6 is 0 Å². The first-order valence-corrected chi connectivity index (χ1v) is 8.85. The summed E-state index contributed by atoms with van der Waals surface area (Å²) in [6.07, 6.45) is 3.38. The third-order valence-electron chi connectivity index (χ3n) is 5.41. The highest BCUT2D eigenvalue weighted by Crippen LogP contribution is 2.39. The maximum absolute atomic E-state index is 9.85. The second-order valence-corrected chi connectivity index (χ2v) is 6.95. The molecule has 0 bridgehead atoms. The summed E-state index contributed by atoms with van der Waals surface area (Å²) in [6.45, 7) is 1.94. The number of nitrogens with zero attached hydrogens (tertiary/aromatic N) is 1. The van der Waals surface area contributed by atoms with Crippen LogP contribution in [0.2, 0.25) is 0 Å². The fraction of sp³-hybridized carbons (Fsp3) is 0.174. The lowest BCUT2D eigenvalue weighted by Crippen LogP contribution is -1.96. The molecule has 0 saturated carbocycles. The molecule has 1 heterocycles. The van der Waals surface area contributed by atoms with Crippen LogP contribution in [0.1, 0.15) is 23.1 Å². The first-order chi connectivity index (χ1) is 12.2.